The average molecular weight is 441 g/mol. The molecule has 0 bridgehead atoms. The van der Waals surface area contributed by atoms with Gasteiger partial charge in [-0.1, -0.05) is 41.9 Å². The number of halogens is 3. The minimum Gasteiger partial charge on any atom is -0.495 e. The second kappa shape index (κ2) is 8.20. The molecular formula is C23H15ClF2N2O3. The Balaban J connectivity index is 1.82. The minimum atomic E-state index is -1.03. The highest BCUT2D eigenvalue weighted by Crippen LogP contribution is 2.36. The van der Waals surface area contributed by atoms with Crippen molar-refractivity contribution in [3.05, 3.63) is 94.6 Å². The molecule has 3 aromatic carbocycles. The molecule has 0 saturated carbocycles. The number of benzene rings is 3. The van der Waals surface area contributed by atoms with Crippen molar-refractivity contribution in [2.75, 3.05) is 17.3 Å². The highest BCUT2D eigenvalue weighted by Gasteiger charge is 2.41. The van der Waals surface area contributed by atoms with Gasteiger partial charge in [-0.2, -0.15) is 0 Å². The van der Waals surface area contributed by atoms with Crippen LogP contribution in [0.3, 0.4) is 0 Å². The molecule has 0 radical (unpaired) electrons. The van der Waals surface area contributed by atoms with Crippen molar-refractivity contribution < 1.29 is 23.1 Å². The van der Waals surface area contributed by atoms with E-state index >= 15 is 0 Å². The third-order valence-corrected chi connectivity index (χ3v) is 5.01. The van der Waals surface area contributed by atoms with Gasteiger partial charge in [0.05, 0.1) is 23.4 Å². The summed E-state index contributed by atoms with van der Waals surface area (Å²) in [5.41, 5.74) is 0.557. The Labute approximate surface area is 181 Å². The van der Waals surface area contributed by atoms with E-state index in [1.54, 1.807) is 42.5 Å². The van der Waals surface area contributed by atoms with E-state index in [2.05, 4.69) is 5.32 Å². The van der Waals surface area contributed by atoms with E-state index in [9.17, 15) is 18.4 Å². The summed E-state index contributed by atoms with van der Waals surface area (Å²) < 4.78 is 32.9. The highest BCUT2D eigenvalue weighted by molar-refractivity contribution is 6.46. The fraction of sp³-hybridized carbons (Fsp3) is 0.0435. The van der Waals surface area contributed by atoms with Gasteiger partial charge in [-0.3, -0.25) is 9.59 Å². The number of rotatable bonds is 5. The smallest absolute Gasteiger partial charge is 0.282 e. The number of hydrogen-bond donors (Lipinski definition) is 1. The van der Waals surface area contributed by atoms with Crippen LogP contribution < -0.4 is 15.0 Å². The van der Waals surface area contributed by atoms with E-state index < -0.39 is 23.4 Å². The summed E-state index contributed by atoms with van der Waals surface area (Å²) in [7, 11) is 1.47. The van der Waals surface area contributed by atoms with Crippen LogP contribution in [0.25, 0.3) is 5.57 Å². The molecule has 1 aliphatic rings. The zero-order valence-corrected chi connectivity index (χ0v) is 16.9. The summed E-state index contributed by atoms with van der Waals surface area (Å²) in [6.07, 6.45) is 0. The topological polar surface area (TPSA) is 58.6 Å². The molecule has 0 unspecified atom stereocenters. The van der Waals surface area contributed by atoms with Crippen LogP contribution in [0.5, 0.6) is 5.75 Å². The molecule has 4 rings (SSSR count). The van der Waals surface area contributed by atoms with Crippen molar-refractivity contribution in [1.29, 1.82) is 0 Å². The Morgan fingerprint density at radius 3 is 2.32 bits per heavy atom. The number of hydrogen-bond acceptors (Lipinski definition) is 4. The largest absolute Gasteiger partial charge is 0.495 e. The molecule has 3 aromatic rings. The molecule has 5 nitrogen and oxygen atoms in total. The van der Waals surface area contributed by atoms with Crippen molar-refractivity contribution in [2.45, 2.75) is 0 Å². The normalized spacial score (nSPS) is 13.7. The van der Waals surface area contributed by atoms with E-state index in [1.165, 1.54) is 13.2 Å². The first-order valence-corrected chi connectivity index (χ1v) is 9.52. The molecule has 0 aromatic heterocycles. The molecule has 1 heterocycles. The lowest BCUT2D eigenvalue weighted by atomic mass is 10.0. The molecule has 31 heavy (non-hydrogen) atoms. The number of amides is 2. The van der Waals surface area contributed by atoms with Crippen molar-refractivity contribution in [2.24, 2.45) is 0 Å². The summed E-state index contributed by atoms with van der Waals surface area (Å²) in [5, 5.41) is 3.22. The van der Waals surface area contributed by atoms with Gasteiger partial charge in [0.25, 0.3) is 11.8 Å². The molecule has 2 amide bonds. The lowest BCUT2D eigenvalue weighted by molar-refractivity contribution is -0.120. The number of nitrogens with zero attached hydrogens (tertiary/aromatic N) is 1. The maximum absolute atomic E-state index is 14.4. The molecule has 1 aliphatic heterocycles. The number of nitrogens with one attached hydrogen (secondary N) is 1. The minimum absolute atomic E-state index is 0.0545. The van der Waals surface area contributed by atoms with Gasteiger partial charge >= 0.3 is 0 Å². The number of anilines is 2. The summed E-state index contributed by atoms with van der Waals surface area (Å²) in [6.45, 7) is 0. The second-order valence-corrected chi connectivity index (χ2v) is 7.04. The third-order valence-electron chi connectivity index (χ3n) is 4.72. The van der Waals surface area contributed by atoms with Crippen molar-refractivity contribution >= 4 is 40.4 Å². The summed E-state index contributed by atoms with van der Waals surface area (Å²) >= 11 is 6.17. The lowest BCUT2D eigenvalue weighted by Crippen LogP contribution is -2.33. The van der Waals surface area contributed by atoms with Crippen LogP contribution in [0.1, 0.15) is 5.56 Å². The Morgan fingerprint density at radius 2 is 1.68 bits per heavy atom. The maximum Gasteiger partial charge on any atom is 0.282 e. The second-order valence-electron chi connectivity index (χ2n) is 6.63. The van der Waals surface area contributed by atoms with Crippen molar-refractivity contribution in [3.63, 3.8) is 0 Å². The first-order chi connectivity index (χ1) is 14.9. The lowest BCUT2D eigenvalue weighted by Gasteiger charge is -2.16. The first-order valence-electron chi connectivity index (χ1n) is 9.15. The zero-order chi connectivity index (χ0) is 22.1. The van der Waals surface area contributed by atoms with Crippen LogP contribution in [-0.4, -0.2) is 18.9 Å². The van der Waals surface area contributed by atoms with Gasteiger partial charge in [-0.05, 0) is 35.9 Å². The van der Waals surface area contributed by atoms with Crippen molar-refractivity contribution in [3.8, 4) is 5.75 Å². The van der Waals surface area contributed by atoms with E-state index in [4.69, 9.17) is 16.3 Å². The van der Waals surface area contributed by atoms with E-state index in [0.717, 1.165) is 12.1 Å². The van der Waals surface area contributed by atoms with Crippen LogP contribution >= 0.6 is 11.6 Å². The Kier molecular flexibility index (Phi) is 5.44. The molecule has 0 fully saturated rings. The summed E-state index contributed by atoms with van der Waals surface area (Å²) in [6, 6.07) is 15.9. The number of carbonyl (C=O) groups excluding carboxylic acids is 2. The zero-order valence-electron chi connectivity index (χ0n) is 16.2. The van der Waals surface area contributed by atoms with Crippen LogP contribution in [0.2, 0.25) is 5.02 Å². The molecule has 1 N–H and O–H groups in total. The molecule has 0 saturated heterocycles. The first kappa shape index (κ1) is 20.6. The highest BCUT2D eigenvalue weighted by atomic mass is 35.5. The van der Waals surface area contributed by atoms with Gasteiger partial charge in [0, 0.05) is 11.8 Å². The van der Waals surface area contributed by atoms with Crippen LogP contribution in [0.4, 0.5) is 20.2 Å². The molecule has 156 valence electrons. The van der Waals surface area contributed by atoms with E-state index in [-0.39, 0.29) is 17.0 Å². The van der Waals surface area contributed by atoms with Gasteiger partial charge in [0.15, 0.2) is 0 Å². The number of methoxy groups -OCH3 is 1. The Bertz CT molecular complexity index is 1230. The monoisotopic (exact) mass is 440 g/mol. The number of ether oxygens (including phenoxy) is 1. The standard InChI is InChI=1S/C23H15ClF2N2O3/c1-31-19-10-8-15(12-16(19)24)27-21-20(13-5-3-2-4-6-13)22(29)28(23(21)30)18-9-7-14(25)11-17(18)26/h2-12,27H,1H3. The van der Waals surface area contributed by atoms with Gasteiger partial charge in [0.2, 0.25) is 0 Å². The van der Waals surface area contributed by atoms with Crippen LogP contribution in [0, 0.1) is 11.6 Å². The van der Waals surface area contributed by atoms with Gasteiger partial charge in [-0.25, -0.2) is 13.7 Å². The van der Waals surface area contributed by atoms with Crippen molar-refractivity contribution in [1.82, 2.24) is 0 Å². The van der Waals surface area contributed by atoms with Gasteiger partial charge < -0.3 is 10.1 Å². The predicted octanol–water partition coefficient (Wildman–Crippen LogP) is 5.02. The predicted molar refractivity (Wildman–Crippen MR) is 114 cm³/mol. The van der Waals surface area contributed by atoms with Crippen LogP contribution in [0.15, 0.2) is 72.4 Å². The Hall–Kier alpha value is -3.71. The van der Waals surface area contributed by atoms with Gasteiger partial charge in [-0.15, -0.1) is 0 Å². The summed E-state index contributed by atoms with van der Waals surface area (Å²) in [5.74, 6) is -2.91. The van der Waals surface area contributed by atoms with E-state index in [0.29, 0.717) is 33.0 Å². The summed E-state index contributed by atoms with van der Waals surface area (Å²) in [4.78, 5) is 27.1. The fourth-order valence-electron chi connectivity index (χ4n) is 3.29. The molecule has 0 atom stereocenters. The third kappa shape index (κ3) is 3.75. The molecule has 0 aliphatic carbocycles. The molecule has 0 spiro atoms. The molecular weight excluding hydrogens is 426 g/mol. The van der Waals surface area contributed by atoms with Crippen LogP contribution in [-0.2, 0) is 9.59 Å². The number of imide groups is 1. The van der Waals surface area contributed by atoms with Gasteiger partial charge in [0.1, 0.15) is 23.1 Å². The average Bonchev–Trinajstić information content (AvgIpc) is 2.99. The SMILES string of the molecule is COc1ccc(NC2=C(c3ccccc3)C(=O)N(c3ccc(F)cc3F)C2=O)cc1Cl. The fourth-order valence-corrected chi connectivity index (χ4v) is 3.55. The quantitative estimate of drug-likeness (QED) is 0.566. The maximum atomic E-state index is 14.4. The Morgan fingerprint density at radius 1 is 0.935 bits per heavy atom. The number of carbonyl (C=O) groups is 2. The van der Waals surface area contributed by atoms with E-state index in [1.807, 2.05) is 0 Å². The molecule has 8 heteroatoms.